The van der Waals surface area contributed by atoms with Gasteiger partial charge in [-0.25, -0.2) is 0 Å². The van der Waals surface area contributed by atoms with E-state index in [-0.39, 0.29) is 5.60 Å². The van der Waals surface area contributed by atoms with Gasteiger partial charge < -0.3 is 4.74 Å². The van der Waals surface area contributed by atoms with Crippen molar-refractivity contribution in [3.05, 3.63) is 34.9 Å². The van der Waals surface area contributed by atoms with Gasteiger partial charge in [-0.3, -0.25) is 0 Å². The van der Waals surface area contributed by atoms with Crippen LogP contribution in [0.4, 0.5) is 0 Å². The molecule has 0 aliphatic carbocycles. The third kappa shape index (κ3) is 1.13. The Labute approximate surface area is 77.3 Å². The minimum absolute atomic E-state index is 0.0572. The summed E-state index contributed by atoms with van der Waals surface area (Å²) in [5, 5.41) is 0.817. The lowest BCUT2D eigenvalue weighted by molar-refractivity contribution is 0.301. The highest BCUT2D eigenvalue weighted by Crippen LogP contribution is 2.44. The Morgan fingerprint density at radius 2 is 2.17 bits per heavy atom. The largest absolute Gasteiger partial charge is 0.364 e. The van der Waals surface area contributed by atoms with E-state index in [0.717, 1.165) is 23.6 Å². The van der Waals surface area contributed by atoms with E-state index in [1.165, 1.54) is 0 Å². The van der Waals surface area contributed by atoms with Crippen LogP contribution in [-0.2, 0) is 10.3 Å². The minimum Gasteiger partial charge on any atom is -0.364 e. The quantitative estimate of drug-likeness (QED) is 0.641. The predicted octanol–water partition coefficient (Wildman–Crippen LogP) is 2.98. The summed E-state index contributed by atoms with van der Waals surface area (Å²) >= 11 is 6.05. The number of rotatable bonds is 2. The molecule has 1 aliphatic heterocycles. The molecule has 1 unspecified atom stereocenters. The molecule has 64 valence electrons. The molecule has 0 spiro atoms. The van der Waals surface area contributed by atoms with E-state index in [0.29, 0.717) is 0 Å². The first kappa shape index (κ1) is 8.09. The Morgan fingerprint density at radius 3 is 2.67 bits per heavy atom. The van der Waals surface area contributed by atoms with Crippen molar-refractivity contribution in [1.82, 2.24) is 0 Å². The van der Waals surface area contributed by atoms with E-state index in [1.54, 1.807) is 0 Å². The van der Waals surface area contributed by atoms with Gasteiger partial charge in [0.15, 0.2) is 0 Å². The summed E-state index contributed by atoms with van der Waals surface area (Å²) in [7, 11) is 0. The molecule has 1 heterocycles. The van der Waals surface area contributed by atoms with Crippen LogP contribution in [0.1, 0.15) is 18.9 Å². The maximum absolute atomic E-state index is 6.05. The Kier molecular flexibility index (Phi) is 1.85. The number of hydrogen-bond acceptors (Lipinski definition) is 1. The first-order valence-corrected chi connectivity index (χ1v) is 4.55. The van der Waals surface area contributed by atoms with Crippen molar-refractivity contribution >= 4 is 11.6 Å². The fourth-order valence-corrected chi connectivity index (χ4v) is 1.78. The van der Waals surface area contributed by atoms with Gasteiger partial charge in [-0.1, -0.05) is 36.7 Å². The maximum atomic E-state index is 6.05. The third-order valence-corrected chi connectivity index (χ3v) is 2.76. The Balaban J connectivity index is 2.40. The fourth-order valence-electron chi connectivity index (χ4n) is 1.47. The van der Waals surface area contributed by atoms with E-state index in [2.05, 4.69) is 6.92 Å². The Bertz CT molecular complexity index is 292. The summed E-state index contributed by atoms with van der Waals surface area (Å²) in [4.78, 5) is 0. The highest BCUT2D eigenvalue weighted by molar-refractivity contribution is 6.31. The molecule has 0 radical (unpaired) electrons. The van der Waals surface area contributed by atoms with Gasteiger partial charge in [0.1, 0.15) is 5.60 Å². The summed E-state index contributed by atoms with van der Waals surface area (Å²) in [5.41, 5.74) is 1.08. The molecule has 1 saturated heterocycles. The van der Waals surface area contributed by atoms with Crippen molar-refractivity contribution in [3.8, 4) is 0 Å². The Hall–Kier alpha value is -0.530. The monoisotopic (exact) mass is 182 g/mol. The first-order chi connectivity index (χ1) is 5.78. The number of halogens is 1. The van der Waals surface area contributed by atoms with E-state index in [1.807, 2.05) is 24.3 Å². The van der Waals surface area contributed by atoms with Crippen molar-refractivity contribution in [2.75, 3.05) is 6.61 Å². The van der Waals surface area contributed by atoms with Crippen LogP contribution in [0.5, 0.6) is 0 Å². The SMILES string of the molecule is CCC1(c2ccccc2Cl)CO1. The number of ether oxygens (including phenoxy) is 1. The zero-order chi connectivity index (χ0) is 8.60. The van der Waals surface area contributed by atoms with Crippen LogP contribution in [0.25, 0.3) is 0 Å². The van der Waals surface area contributed by atoms with Crippen LogP contribution in [0.3, 0.4) is 0 Å². The summed E-state index contributed by atoms with van der Waals surface area (Å²) in [6, 6.07) is 7.90. The molecule has 1 atom stereocenters. The highest BCUT2D eigenvalue weighted by atomic mass is 35.5. The second-order valence-electron chi connectivity index (χ2n) is 3.12. The molecule has 0 saturated carbocycles. The standard InChI is InChI=1S/C10H11ClO/c1-2-10(7-12-10)8-5-3-4-6-9(8)11/h3-6H,2,7H2,1H3. The van der Waals surface area contributed by atoms with E-state index >= 15 is 0 Å². The topological polar surface area (TPSA) is 12.5 Å². The molecule has 0 amide bonds. The van der Waals surface area contributed by atoms with Crippen LogP contribution in [-0.4, -0.2) is 6.61 Å². The lowest BCUT2D eigenvalue weighted by Gasteiger charge is -2.10. The lowest BCUT2D eigenvalue weighted by atomic mass is 9.97. The smallest absolute Gasteiger partial charge is 0.118 e. The average molecular weight is 183 g/mol. The van der Waals surface area contributed by atoms with Gasteiger partial charge in [0.25, 0.3) is 0 Å². The molecule has 0 N–H and O–H groups in total. The van der Waals surface area contributed by atoms with Gasteiger partial charge in [-0.15, -0.1) is 0 Å². The zero-order valence-electron chi connectivity index (χ0n) is 7.01. The molecule has 12 heavy (non-hydrogen) atoms. The van der Waals surface area contributed by atoms with Crippen molar-refractivity contribution < 1.29 is 4.74 Å². The van der Waals surface area contributed by atoms with Gasteiger partial charge in [-0.2, -0.15) is 0 Å². The lowest BCUT2D eigenvalue weighted by Crippen LogP contribution is -2.06. The zero-order valence-corrected chi connectivity index (χ0v) is 7.77. The molecule has 2 rings (SSSR count). The van der Waals surface area contributed by atoms with Crippen molar-refractivity contribution in [2.24, 2.45) is 0 Å². The van der Waals surface area contributed by atoms with Gasteiger partial charge in [0.05, 0.1) is 6.61 Å². The summed E-state index contributed by atoms with van der Waals surface area (Å²) < 4.78 is 5.43. The van der Waals surface area contributed by atoms with Crippen molar-refractivity contribution in [1.29, 1.82) is 0 Å². The molecule has 2 heteroatoms. The highest BCUT2D eigenvalue weighted by Gasteiger charge is 2.45. The van der Waals surface area contributed by atoms with Gasteiger partial charge in [0.2, 0.25) is 0 Å². The molecular formula is C10H11ClO. The minimum atomic E-state index is -0.0572. The van der Waals surface area contributed by atoms with Crippen LogP contribution in [0.15, 0.2) is 24.3 Å². The molecule has 0 aromatic heterocycles. The van der Waals surface area contributed by atoms with Crippen LogP contribution < -0.4 is 0 Å². The van der Waals surface area contributed by atoms with Gasteiger partial charge >= 0.3 is 0 Å². The van der Waals surface area contributed by atoms with E-state index in [4.69, 9.17) is 16.3 Å². The molecule has 1 aliphatic rings. The third-order valence-electron chi connectivity index (χ3n) is 2.43. The summed E-state index contributed by atoms with van der Waals surface area (Å²) in [6.07, 6.45) is 0.997. The van der Waals surface area contributed by atoms with Crippen molar-refractivity contribution in [2.45, 2.75) is 18.9 Å². The molecule has 0 bridgehead atoms. The second kappa shape index (κ2) is 2.75. The van der Waals surface area contributed by atoms with Crippen LogP contribution in [0, 0.1) is 0 Å². The predicted molar refractivity (Wildman–Crippen MR) is 49.4 cm³/mol. The number of epoxide rings is 1. The molecule has 1 aromatic rings. The average Bonchev–Trinajstić information content (AvgIpc) is 2.86. The van der Waals surface area contributed by atoms with E-state index < -0.39 is 0 Å². The summed E-state index contributed by atoms with van der Waals surface area (Å²) in [5.74, 6) is 0. The van der Waals surface area contributed by atoms with E-state index in [9.17, 15) is 0 Å². The number of hydrogen-bond donors (Lipinski definition) is 0. The molecule has 1 nitrogen and oxygen atoms in total. The number of benzene rings is 1. The van der Waals surface area contributed by atoms with Gasteiger partial charge in [0, 0.05) is 10.6 Å². The van der Waals surface area contributed by atoms with Gasteiger partial charge in [-0.05, 0) is 12.5 Å². The van der Waals surface area contributed by atoms with Crippen LogP contribution >= 0.6 is 11.6 Å². The van der Waals surface area contributed by atoms with Crippen LogP contribution in [0.2, 0.25) is 5.02 Å². The second-order valence-corrected chi connectivity index (χ2v) is 3.52. The molecule has 1 fully saturated rings. The Morgan fingerprint density at radius 1 is 1.50 bits per heavy atom. The summed E-state index contributed by atoms with van der Waals surface area (Å²) in [6.45, 7) is 2.93. The fraction of sp³-hybridized carbons (Fsp3) is 0.400. The maximum Gasteiger partial charge on any atom is 0.118 e. The molecule has 1 aromatic carbocycles. The molecular weight excluding hydrogens is 172 g/mol. The normalized spacial score (nSPS) is 27.2. The first-order valence-electron chi connectivity index (χ1n) is 4.17. The van der Waals surface area contributed by atoms with Crippen molar-refractivity contribution in [3.63, 3.8) is 0 Å².